The number of aliphatic hydroxyl groups excluding tert-OH is 1. The normalized spacial score (nSPS) is 16.8. The number of carbonyl (C=O) groups excluding carboxylic acids is 1. The summed E-state index contributed by atoms with van der Waals surface area (Å²) in [5, 5.41) is 20.2. The van der Waals surface area contributed by atoms with Gasteiger partial charge in [-0.1, -0.05) is 0 Å². The number of hydrogen-bond donors (Lipinski definition) is 3. The number of aliphatic hydroxyl groups is 1. The monoisotopic (exact) mass is 258 g/mol. The van der Waals surface area contributed by atoms with Crippen molar-refractivity contribution in [2.45, 2.75) is 51.1 Å². The van der Waals surface area contributed by atoms with E-state index < -0.39 is 5.97 Å². The summed E-state index contributed by atoms with van der Waals surface area (Å²) in [4.78, 5) is 24.3. The first kappa shape index (κ1) is 14.8. The van der Waals surface area contributed by atoms with Crippen LogP contribution in [0.25, 0.3) is 0 Å². The second-order valence-corrected chi connectivity index (χ2v) is 4.80. The fraction of sp³-hybridized carbons (Fsp3) is 0.833. The van der Waals surface area contributed by atoms with Gasteiger partial charge in [0, 0.05) is 25.2 Å². The number of hydrogen-bond acceptors (Lipinski definition) is 3. The van der Waals surface area contributed by atoms with E-state index in [1.807, 2.05) is 0 Å². The van der Waals surface area contributed by atoms with E-state index >= 15 is 0 Å². The predicted molar refractivity (Wildman–Crippen MR) is 66.3 cm³/mol. The van der Waals surface area contributed by atoms with Gasteiger partial charge in [0.15, 0.2) is 0 Å². The molecular weight excluding hydrogens is 236 g/mol. The third-order valence-electron chi connectivity index (χ3n) is 3.18. The van der Waals surface area contributed by atoms with Crippen molar-refractivity contribution in [3.05, 3.63) is 0 Å². The van der Waals surface area contributed by atoms with Crippen LogP contribution in [0.2, 0.25) is 0 Å². The number of urea groups is 1. The quantitative estimate of drug-likeness (QED) is 0.630. The number of carboxylic acid groups (broad SMARTS) is 1. The van der Waals surface area contributed by atoms with Gasteiger partial charge in [-0.15, -0.1) is 0 Å². The lowest BCUT2D eigenvalue weighted by molar-refractivity contribution is -0.137. The van der Waals surface area contributed by atoms with Gasteiger partial charge in [-0.3, -0.25) is 4.79 Å². The lowest BCUT2D eigenvalue weighted by Crippen LogP contribution is -2.51. The largest absolute Gasteiger partial charge is 0.481 e. The molecular formula is C12H22N2O4. The zero-order valence-electron chi connectivity index (χ0n) is 10.8. The molecule has 0 heterocycles. The van der Waals surface area contributed by atoms with E-state index in [2.05, 4.69) is 5.32 Å². The standard InChI is InChI=1S/C12H22N2O4/c1-9(8-11(16)17)13-12(18)14(6-3-7-15)10-4-2-5-10/h9-10,15H,2-8H2,1H3,(H,13,18)(H,16,17). The van der Waals surface area contributed by atoms with E-state index in [0.29, 0.717) is 13.0 Å². The number of carbonyl (C=O) groups is 2. The Labute approximate surface area is 107 Å². The molecule has 1 atom stereocenters. The maximum Gasteiger partial charge on any atom is 0.317 e. The van der Waals surface area contributed by atoms with E-state index in [-0.39, 0.29) is 31.1 Å². The zero-order valence-corrected chi connectivity index (χ0v) is 10.8. The van der Waals surface area contributed by atoms with Crippen LogP contribution in [-0.2, 0) is 4.79 Å². The molecule has 0 bridgehead atoms. The zero-order chi connectivity index (χ0) is 13.5. The van der Waals surface area contributed by atoms with Crippen molar-refractivity contribution >= 4 is 12.0 Å². The van der Waals surface area contributed by atoms with Gasteiger partial charge >= 0.3 is 12.0 Å². The fourth-order valence-corrected chi connectivity index (χ4v) is 2.00. The molecule has 1 saturated carbocycles. The highest BCUT2D eigenvalue weighted by Gasteiger charge is 2.29. The maximum atomic E-state index is 12.0. The van der Waals surface area contributed by atoms with Gasteiger partial charge in [0.25, 0.3) is 0 Å². The summed E-state index contributed by atoms with van der Waals surface area (Å²) in [5.41, 5.74) is 0. The van der Waals surface area contributed by atoms with Gasteiger partial charge in [-0.25, -0.2) is 4.79 Å². The van der Waals surface area contributed by atoms with Crippen LogP contribution in [0.4, 0.5) is 4.79 Å². The summed E-state index contributed by atoms with van der Waals surface area (Å²) in [6.45, 7) is 2.25. The van der Waals surface area contributed by atoms with Gasteiger partial charge in [0.2, 0.25) is 0 Å². The van der Waals surface area contributed by atoms with Crippen LogP contribution in [0.3, 0.4) is 0 Å². The summed E-state index contributed by atoms with van der Waals surface area (Å²) in [6.07, 6.45) is 3.58. The lowest BCUT2D eigenvalue weighted by atomic mass is 9.91. The Morgan fingerprint density at radius 1 is 1.44 bits per heavy atom. The van der Waals surface area contributed by atoms with Gasteiger partial charge in [0.05, 0.1) is 6.42 Å². The molecule has 104 valence electrons. The van der Waals surface area contributed by atoms with Crippen molar-refractivity contribution < 1.29 is 19.8 Å². The molecule has 0 aromatic carbocycles. The van der Waals surface area contributed by atoms with Crippen LogP contribution in [-0.4, -0.2) is 52.3 Å². The lowest BCUT2D eigenvalue weighted by Gasteiger charge is -2.38. The molecule has 2 amide bonds. The van der Waals surface area contributed by atoms with Gasteiger partial charge in [-0.2, -0.15) is 0 Å². The van der Waals surface area contributed by atoms with E-state index in [1.165, 1.54) is 0 Å². The summed E-state index contributed by atoms with van der Waals surface area (Å²) < 4.78 is 0. The minimum Gasteiger partial charge on any atom is -0.481 e. The summed E-state index contributed by atoms with van der Waals surface area (Å²) in [6, 6.07) is -0.359. The molecule has 1 aliphatic rings. The van der Waals surface area contributed by atoms with Crippen molar-refractivity contribution in [2.24, 2.45) is 0 Å². The summed E-state index contributed by atoms with van der Waals surface area (Å²) in [5.74, 6) is -0.923. The minimum absolute atomic E-state index is 0.0567. The Bertz CT molecular complexity index is 292. The molecule has 1 rings (SSSR count). The number of carboxylic acids is 1. The van der Waals surface area contributed by atoms with Crippen LogP contribution in [0.5, 0.6) is 0 Å². The second-order valence-electron chi connectivity index (χ2n) is 4.80. The predicted octanol–water partition coefficient (Wildman–Crippen LogP) is 0.796. The summed E-state index contributed by atoms with van der Waals surface area (Å²) in [7, 11) is 0. The molecule has 0 saturated heterocycles. The Morgan fingerprint density at radius 3 is 2.56 bits per heavy atom. The van der Waals surface area contributed by atoms with E-state index in [0.717, 1.165) is 19.3 Å². The molecule has 18 heavy (non-hydrogen) atoms. The van der Waals surface area contributed by atoms with Gasteiger partial charge < -0.3 is 20.4 Å². The molecule has 1 aliphatic carbocycles. The molecule has 0 aromatic rings. The second kappa shape index (κ2) is 7.20. The molecule has 0 aromatic heterocycles. The maximum absolute atomic E-state index is 12.0. The number of amides is 2. The first-order valence-corrected chi connectivity index (χ1v) is 6.44. The Balaban J connectivity index is 2.44. The first-order valence-electron chi connectivity index (χ1n) is 6.44. The highest BCUT2D eigenvalue weighted by molar-refractivity contribution is 5.76. The van der Waals surface area contributed by atoms with Crippen molar-refractivity contribution in [2.75, 3.05) is 13.2 Å². The van der Waals surface area contributed by atoms with E-state index in [9.17, 15) is 9.59 Å². The number of nitrogens with zero attached hydrogens (tertiary/aromatic N) is 1. The minimum atomic E-state index is -0.923. The smallest absolute Gasteiger partial charge is 0.317 e. The van der Waals surface area contributed by atoms with Gasteiger partial charge in [0.1, 0.15) is 0 Å². The van der Waals surface area contributed by atoms with Crippen LogP contribution in [0.1, 0.15) is 39.0 Å². The molecule has 1 fully saturated rings. The summed E-state index contributed by atoms with van der Waals surface area (Å²) >= 11 is 0. The van der Waals surface area contributed by atoms with E-state index in [4.69, 9.17) is 10.2 Å². The Kier molecular flexibility index (Phi) is 5.91. The fourth-order valence-electron chi connectivity index (χ4n) is 2.00. The molecule has 6 heteroatoms. The van der Waals surface area contributed by atoms with Gasteiger partial charge in [-0.05, 0) is 32.6 Å². The molecule has 0 aliphatic heterocycles. The topological polar surface area (TPSA) is 89.9 Å². The number of rotatable bonds is 7. The first-order chi connectivity index (χ1) is 8.54. The third kappa shape index (κ3) is 4.52. The van der Waals surface area contributed by atoms with Crippen LogP contribution in [0, 0.1) is 0 Å². The molecule has 1 unspecified atom stereocenters. The number of nitrogens with one attached hydrogen (secondary N) is 1. The average Bonchev–Trinajstić information content (AvgIpc) is 2.19. The van der Waals surface area contributed by atoms with Crippen molar-refractivity contribution in [1.82, 2.24) is 10.2 Å². The Hall–Kier alpha value is -1.30. The molecule has 6 nitrogen and oxygen atoms in total. The SMILES string of the molecule is CC(CC(=O)O)NC(=O)N(CCCO)C1CCC1. The van der Waals surface area contributed by atoms with Crippen molar-refractivity contribution in [3.8, 4) is 0 Å². The molecule has 3 N–H and O–H groups in total. The number of aliphatic carboxylic acids is 1. The molecule has 0 spiro atoms. The highest BCUT2D eigenvalue weighted by atomic mass is 16.4. The van der Waals surface area contributed by atoms with Crippen LogP contribution < -0.4 is 5.32 Å². The third-order valence-corrected chi connectivity index (χ3v) is 3.18. The Morgan fingerprint density at radius 2 is 2.11 bits per heavy atom. The van der Waals surface area contributed by atoms with Crippen molar-refractivity contribution in [3.63, 3.8) is 0 Å². The average molecular weight is 258 g/mol. The highest BCUT2D eigenvalue weighted by Crippen LogP contribution is 2.25. The van der Waals surface area contributed by atoms with Crippen LogP contribution >= 0.6 is 0 Å². The van der Waals surface area contributed by atoms with Crippen molar-refractivity contribution in [1.29, 1.82) is 0 Å². The molecule has 0 radical (unpaired) electrons. The van der Waals surface area contributed by atoms with Crippen LogP contribution in [0.15, 0.2) is 0 Å². The van der Waals surface area contributed by atoms with E-state index in [1.54, 1.807) is 11.8 Å².